The molecule has 3 nitrogen and oxygen atoms in total. The fourth-order valence-electron chi connectivity index (χ4n) is 2.82. The third kappa shape index (κ3) is 4.88. The number of anilines is 1. The molecule has 0 bridgehead atoms. The second-order valence-corrected chi connectivity index (χ2v) is 5.68. The molecule has 21 heavy (non-hydrogen) atoms. The maximum absolute atomic E-state index is 12.5. The van der Waals surface area contributed by atoms with E-state index in [1.54, 1.807) is 6.92 Å². The van der Waals surface area contributed by atoms with Gasteiger partial charge in [0, 0.05) is 25.3 Å². The van der Waals surface area contributed by atoms with Crippen LogP contribution in [0.5, 0.6) is 0 Å². The van der Waals surface area contributed by atoms with Crippen molar-refractivity contribution in [3.63, 3.8) is 0 Å². The summed E-state index contributed by atoms with van der Waals surface area (Å²) in [5.41, 5.74) is 0.961. The van der Waals surface area contributed by atoms with E-state index in [0.717, 1.165) is 31.0 Å². The van der Waals surface area contributed by atoms with Crippen molar-refractivity contribution in [2.45, 2.75) is 26.4 Å². The van der Waals surface area contributed by atoms with Gasteiger partial charge in [0.1, 0.15) is 5.82 Å². The number of rotatable bonds is 5. The summed E-state index contributed by atoms with van der Waals surface area (Å²) in [5.74, 6) is 1.20. The molecule has 0 radical (unpaired) electrons. The highest BCUT2D eigenvalue weighted by molar-refractivity contribution is 5.40. The maximum atomic E-state index is 12.5. The summed E-state index contributed by atoms with van der Waals surface area (Å²) < 4.78 is 37.5. The first kappa shape index (κ1) is 16.1. The number of hydrogen-bond acceptors (Lipinski definition) is 3. The molecule has 1 aliphatic rings. The molecule has 1 aromatic rings. The summed E-state index contributed by atoms with van der Waals surface area (Å²) in [4.78, 5) is 8.13. The third-order valence-electron chi connectivity index (χ3n) is 3.85. The summed E-state index contributed by atoms with van der Waals surface area (Å²) in [5, 5.41) is 0. The molecular formula is C15H22F3N3. The van der Waals surface area contributed by atoms with Gasteiger partial charge in [0.2, 0.25) is 0 Å². The van der Waals surface area contributed by atoms with Crippen LogP contribution < -0.4 is 4.90 Å². The zero-order valence-corrected chi connectivity index (χ0v) is 12.5. The predicted molar refractivity (Wildman–Crippen MR) is 77.5 cm³/mol. The van der Waals surface area contributed by atoms with E-state index in [2.05, 4.69) is 9.88 Å². The summed E-state index contributed by atoms with van der Waals surface area (Å²) in [6.07, 6.45) is -3.20. The Morgan fingerprint density at radius 3 is 2.76 bits per heavy atom. The van der Waals surface area contributed by atoms with Crippen molar-refractivity contribution in [2.75, 3.05) is 37.6 Å². The van der Waals surface area contributed by atoms with Crippen molar-refractivity contribution in [3.05, 3.63) is 23.9 Å². The molecule has 118 valence electrons. The van der Waals surface area contributed by atoms with E-state index in [0.29, 0.717) is 13.1 Å². The molecule has 0 aromatic carbocycles. The normalized spacial score (nSPS) is 19.5. The Morgan fingerprint density at radius 2 is 2.14 bits per heavy atom. The molecule has 0 spiro atoms. The summed E-state index contributed by atoms with van der Waals surface area (Å²) in [6, 6.07) is 5.87. The van der Waals surface area contributed by atoms with Crippen LogP contribution >= 0.6 is 0 Å². The zero-order chi connectivity index (χ0) is 15.5. The highest BCUT2D eigenvalue weighted by Crippen LogP contribution is 2.24. The highest BCUT2D eigenvalue weighted by Gasteiger charge is 2.32. The number of hydrogen-bond donors (Lipinski definition) is 0. The number of pyridine rings is 1. The Balaban J connectivity index is 1.90. The SMILES string of the molecule is CCN(C[C@@H]1CCN(c2cccc(C)n2)C1)CC(F)(F)F. The maximum Gasteiger partial charge on any atom is 0.401 e. The molecule has 0 aliphatic carbocycles. The Kier molecular flexibility index (Phi) is 5.08. The third-order valence-corrected chi connectivity index (χ3v) is 3.85. The number of nitrogens with zero attached hydrogens (tertiary/aromatic N) is 3. The van der Waals surface area contributed by atoms with Gasteiger partial charge in [-0.3, -0.25) is 4.90 Å². The van der Waals surface area contributed by atoms with Crippen LogP contribution in [0.4, 0.5) is 19.0 Å². The van der Waals surface area contributed by atoms with Gasteiger partial charge in [-0.1, -0.05) is 13.0 Å². The summed E-state index contributed by atoms with van der Waals surface area (Å²) in [6.45, 7) is 5.48. The van der Waals surface area contributed by atoms with Crippen LogP contribution in [0.1, 0.15) is 19.0 Å². The van der Waals surface area contributed by atoms with E-state index in [1.807, 2.05) is 25.1 Å². The number of halogens is 3. The fourth-order valence-corrected chi connectivity index (χ4v) is 2.82. The first-order valence-electron chi connectivity index (χ1n) is 7.35. The lowest BCUT2D eigenvalue weighted by Crippen LogP contribution is -2.38. The van der Waals surface area contributed by atoms with Gasteiger partial charge >= 0.3 is 6.18 Å². The molecule has 2 heterocycles. The van der Waals surface area contributed by atoms with Gasteiger partial charge in [-0.05, 0) is 37.9 Å². The van der Waals surface area contributed by atoms with Crippen LogP contribution in [-0.4, -0.2) is 48.8 Å². The fraction of sp³-hybridized carbons (Fsp3) is 0.667. The van der Waals surface area contributed by atoms with Gasteiger partial charge in [0.05, 0.1) is 6.54 Å². The molecule has 0 saturated carbocycles. The molecule has 1 fully saturated rings. The average molecular weight is 301 g/mol. The Hall–Kier alpha value is -1.30. The lowest BCUT2D eigenvalue weighted by Gasteiger charge is -2.25. The van der Waals surface area contributed by atoms with Crippen molar-refractivity contribution in [1.82, 2.24) is 9.88 Å². The van der Waals surface area contributed by atoms with Crippen LogP contribution in [0, 0.1) is 12.8 Å². The van der Waals surface area contributed by atoms with Crippen molar-refractivity contribution >= 4 is 5.82 Å². The minimum absolute atomic E-state index is 0.273. The van der Waals surface area contributed by atoms with Gasteiger partial charge in [-0.2, -0.15) is 13.2 Å². The predicted octanol–water partition coefficient (Wildman–Crippen LogP) is 3.10. The first-order chi connectivity index (χ1) is 9.87. The molecular weight excluding hydrogens is 279 g/mol. The van der Waals surface area contributed by atoms with Crippen LogP contribution in [0.3, 0.4) is 0 Å². The van der Waals surface area contributed by atoms with E-state index in [4.69, 9.17) is 0 Å². The van der Waals surface area contributed by atoms with Gasteiger partial charge < -0.3 is 4.90 Å². The number of aromatic nitrogens is 1. The van der Waals surface area contributed by atoms with Crippen molar-refractivity contribution in [2.24, 2.45) is 5.92 Å². The lowest BCUT2D eigenvalue weighted by atomic mass is 10.1. The molecule has 0 amide bonds. The molecule has 1 aliphatic heterocycles. The van der Waals surface area contributed by atoms with E-state index in [9.17, 15) is 13.2 Å². The quantitative estimate of drug-likeness (QED) is 0.833. The largest absolute Gasteiger partial charge is 0.401 e. The van der Waals surface area contributed by atoms with Crippen molar-refractivity contribution in [1.29, 1.82) is 0 Å². The van der Waals surface area contributed by atoms with E-state index in [-0.39, 0.29) is 5.92 Å². The molecule has 0 N–H and O–H groups in total. The number of aryl methyl sites for hydroxylation is 1. The van der Waals surface area contributed by atoms with Crippen molar-refractivity contribution in [3.8, 4) is 0 Å². The lowest BCUT2D eigenvalue weighted by molar-refractivity contribution is -0.146. The molecule has 6 heteroatoms. The second-order valence-electron chi connectivity index (χ2n) is 5.68. The Labute approximate surface area is 123 Å². The van der Waals surface area contributed by atoms with Crippen molar-refractivity contribution < 1.29 is 13.2 Å². The zero-order valence-electron chi connectivity index (χ0n) is 12.5. The van der Waals surface area contributed by atoms with E-state index in [1.165, 1.54) is 4.90 Å². The van der Waals surface area contributed by atoms with Crippen LogP contribution in [0.15, 0.2) is 18.2 Å². The standard InChI is InChI=1S/C15H22F3N3/c1-3-20(11-15(16,17)18)9-13-7-8-21(10-13)14-6-4-5-12(2)19-14/h4-6,13H,3,7-11H2,1-2H3/t13-/m0/s1. The minimum Gasteiger partial charge on any atom is -0.356 e. The Bertz CT molecular complexity index is 462. The smallest absolute Gasteiger partial charge is 0.356 e. The molecule has 1 atom stereocenters. The topological polar surface area (TPSA) is 19.4 Å². The van der Waals surface area contributed by atoms with E-state index >= 15 is 0 Å². The van der Waals surface area contributed by atoms with Crippen LogP contribution in [0.25, 0.3) is 0 Å². The monoisotopic (exact) mass is 301 g/mol. The molecule has 1 aromatic heterocycles. The summed E-state index contributed by atoms with van der Waals surface area (Å²) in [7, 11) is 0. The number of alkyl halides is 3. The molecule has 1 saturated heterocycles. The summed E-state index contributed by atoms with van der Waals surface area (Å²) >= 11 is 0. The Morgan fingerprint density at radius 1 is 1.38 bits per heavy atom. The average Bonchev–Trinajstić information content (AvgIpc) is 2.85. The highest BCUT2D eigenvalue weighted by atomic mass is 19.4. The second kappa shape index (κ2) is 6.64. The molecule has 2 rings (SSSR count). The van der Waals surface area contributed by atoms with Gasteiger partial charge in [-0.25, -0.2) is 4.98 Å². The minimum atomic E-state index is -4.12. The van der Waals surface area contributed by atoms with Gasteiger partial charge in [0.25, 0.3) is 0 Å². The molecule has 0 unspecified atom stereocenters. The van der Waals surface area contributed by atoms with E-state index < -0.39 is 12.7 Å². The first-order valence-corrected chi connectivity index (χ1v) is 7.35. The van der Waals surface area contributed by atoms with Crippen LogP contribution in [0.2, 0.25) is 0 Å². The van der Waals surface area contributed by atoms with Gasteiger partial charge in [0.15, 0.2) is 0 Å². The van der Waals surface area contributed by atoms with Gasteiger partial charge in [-0.15, -0.1) is 0 Å². The van der Waals surface area contributed by atoms with Crippen LogP contribution in [-0.2, 0) is 0 Å².